The molecule has 0 aromatic heterocycles. The molecule has 0 aliphatic carbocycles. The number of rotatable bonds is 14. The standard InChI is InChI=1S/C16H33NO/c1-2-3-4-5-6-7-8-9-10-11-12-13-14-17-15-16-18/h13-14,17-18H,2-12,15-16H2,1H3. The highest BCUT2D eigenvalue weighted by Crippen LogP contribution is 2.11. The molecule has 0 saturated heterocycles. The number of aliphatic hydroxyl groups is 1. The molecule has 0 saturated carbocycles. The van der Waals surface area contributed by atoms with Crippen LogP contribution in [-0.4, -0.2) is 18.3 Å². The number of aliphatic hydroxyl groups excluding tert-OH is 1. The molecule has 0 aromatic rings. The van der Waals surface area contributed by atoms with Crippen molar-refractivity contribution in [1.29, 1.82) is 0 Å². The van der Waals surface area contributed by atoms with Crippen molar-refractivity contribution in [1.82, 2.24) is 5.32 Å². The second kappa shape index (κ2) is 16.5. The van der Waals surface area contributed by atoms with E-state index >= 15 is 0 Å². The van der Waals surface area contributed by atoms with Crippen LogP contribution < -0.4 is 5.32 Å². The van der Waals surface area contributed by atoms with Crippen LogP contribution in [0.3, 0.4) is 0 Å². The summed E-state index contributed by atoms with van der Waals surface area (Å²) in [5, 5.41) is 11.6. The fourth-order valence-electron chi connectivity index (χ4n) is 2.06. The predicted octanol–water partition coefficient (Wildman–Crippen LogP) is 4.39. The molecule has 0 heterocycles. The minimum atomic E-state index is 0.211. The van der Waals surface area contributed by atoms with Gasteiger partial charge in [-0.15, -0.1) is 0 Å². The first kappa shape index (κ1) is 17.5. The summed E-state index contributed by atoms with van der Waals surface area (Å²) in [6.07, 6.45) is 19.3. The van der Waals surface area contributed by atoms with E-state index in [4.69, 9.17) is 5.11 Å². The van der Waals surface area contributed by atoms with Gasteiger partial charge in [-0.3, -0.25) is 0 Å². The number of allylic oxidation sites excluding steroid dienone is 1. The van der Waals surface area contributed by atoms with Gasteiger partial charge in [-0.2, -0.15) is 0 Å². The van der Waals surface area contributed by atoms with E-state index in [1.54, 1.807) is 0 Å². The van der Waals surface area contributed by atoms with Crippen LogP contribution in [0.15, 0.2) is 12.3 Å². The fraction of sp³-hybridized carbons (Fsp3) is 0.875. The van der Waals surface area contributed by atoms with E-state index in [0.29, 0.717) is 6.54 Å². The average molecular weight is 255 g/mol. The number of nitrogens with one attached hydrogen (secondary N) is 1. The molecule has 0 amide bonds. The van der Waals surface area contributed by atoms with Gasteiger partial charge in [-0.05, 0) is 19.0 Å². The number of hydrogen-bond donors (Lipinski definition) is 2. The Morgan fingerprint density at radius 1 is 0.833 bits per heavy atom. The highest BCUT2D eigenvalue weighted by molar-refractivity contribution is 4.78. The fourth-order valence-corrected chi connectivity index (χ4v) is 2.06. The summed E-state index contributed by atoms with van der Waals surface area (Å²) in [6.45, 7) is 3.14. The molecule has 0 spiro atoms. The molecule has 2 heteroatoms. The summed E-state index contributed by atoms with van der Waals surface area (Å²) < 4.78 is 0. The lowest BCUT2D eigenvalue weighted by atomic mass is 10.1. The highest BCUT2D eigenvalue weighted by Gasteiger charge is 1.91. The second-order valence-electron chi connectivity index (χ2n) is 5.05. The topological polar surface area (TPSA) is 32.3 Å². The Kier molecular flexibility index (Phi) is 16.0. The zero-order chi connectivity index (χ0) is 13.3. The Balaban J connectivity index is 2.96. The Morgan fingerprint density at radius 3 is 1.94 bits per heavy atom. The van der Waals surface area contributed by atoms with Crippen LogP contribution in [0.1, 0.15) is 77.6 Å². The second-order valence-corrected chi connectivity index (χ2v) is 5.05. The van der Waals surface area contributed by atoms with Crippen molar-refractivity contribution in [3.05, 3.63) is 12.3 Å². The van der Waals surface area contributed by atoms with Gasteiger partial charge in [-0.1, -0.05) is 70.8 Å². The Morgan fingerprint density at radius 2 is 1.39 bits per heavy atom. The molecule has 0 rings (SSSR count). The maximum atomic E-state index is 8.56. The lowest BCUT2D eigenvalue weighted by molar-refractivity contribution is 0.298. The van der Waals surface area contributed by atoms with Crippen LogP contribution in [0.5, 0.6) is 0 Å². The van der Waals surface area contributed by atoms with E-state index < -0.39 is 0 Å². The minimum absolute atomic E-state index is 0.211. The molecule has 0 aromatic carbocycles. The molecule has 2 N–H and O–H groups in total. The first-order chi connectivity index (χ1) is 8.91. The van der Waals surface area contributed by atoms with E-state index in [-0.39, 0.29) is 6.61 Å². The maximum Gasteiger partial charge on any atom is 0.0603 e. The van der Waals surface area contributed by atoms with E-state index in [1.165, 1.54) is 64.2 Å². The van der Waals surface area contributed by atoms with Crippen molar-refractivity contribution in [2.24, 2.45) is 0 Å². The summed E-state index contributed by atoms with van der Waals surface area (Å²) in [5.41, 5.74) is 0. The predicted molar refractivity (Wildman–Crippen MR) is 80.7 cm³/mol. The highest BCUT2D eigenvalue weighted by atomic mass is 16.3. The first-order valence-corrected chi connectivity index (χ1v) is 7.91. The van der Waals surface area contributed by atoms with Crippen molar-refractivity contribution < 1.29 is 5.11 Å². The Labute approximate surface area is 114 Å². The molecule has 108 valence electrons. The quantitative estimate of drug-likeness (QED) is 0.451. The van der Waals surface area contributed by atoms with E-state index in [0.717, 1.165) is 6.42 Å². The normalized spacial score (nSPS) is 11.2. The molecule has 0 aliphatic rings. The molecule has 0 fully saturated rings. The molecule has 18 heavy (non-hydrogen) atoms. The molecular formula is C16H33NO. The number of unbranched alkanes of at least 4 members (excludes halogenated alkanes) is 10. The van der Waals surface area contributed by atoms with E-state index in [2.05, 4.69) is 18.3 Å². The Bertz CT molecular complexity index is 168. The van der Waals surface area contributed by atoms with Crippen molar-refractivity contribution in [3.8, 4) is 0 Å². The lowest BCUT2D eigenvalue weighted by Crippen LogP contribution is -2.10. The van der Waals surface area contributed by atoms with Crippen molar-refractivity contribution in [2.45, 2.75) is 77.6 Å². The van der Waals surface area contributed by atoms with Crippen LogP contribution in [0.4, 0.5) is 0 Å². The van der Waals surface area contributed by atoms with Crippen molar-refractivity contribution >= 4 is 0 Å². The largest absolute Gasteiger partial charge is 0.395 e. The van der Waals surface area contributed by atoms with Crippen LogP contribution in [0.2, 0.25) is 0 Å². The monoisotopic (exact) mass is 255 g/mol. The van der Waals surface area contributed by atoms with Gasteiger partial charge in [0.2, 0.25) is 0 Å². The zero-order valence-electron chi connectivity index (χ0n) is 12.3. The first-order valence-electron chi connectivity index (χ1n) is 7.91. The van der Waals surface area contributed by atoms with E-state index in [9.17, 15) is 0 Å². The van der Waals surface area contributed by atoms with Gasteiger partial charge in [0.15, 0.2) is 0 Å². The maximum absolute atomic E-state index is 8.56. The van der Waals surface area contributed by atoms with Crippen LogP contribution in [-0.2, 0) is 0 Å². The third kappa shape index (κ3) is 15.5. The Hall–Kier alpha value is -0.500. The summed E-state index contributed by atoms with van der Waals surface area (Å²) in [6, 6.07) is 0. The summed E-state index contributed by atoms with van der Waals surface area (Å²) in [5.74, 6) is 0. The minimum Gasteiger partial charge on any atom is -0.395 e. The third-order valence-electron chi connectivity index (χ3n) is 3.22. The van der Waals surface area contributed by atoms with Gasteiger partial charge in [0, 0.05) is 6.54 Å². The third-order valence-corrected chi connectivity index (χ3v) is 3.22. The molecule has 0 atom stereocenters. The molecule has 0 unspecified atom stereocenters. The van der Waals surface area contributed by atoms with Crippen molar-refractivity contribution in [2.75, 3.05) is 13.2 Å². The average Bonchev–Trinajstić information content (AvgIpc) is 2.39. The van der Waals surface area contributed by atoms with Crippen LogP contribution in [0, 0.1) is 0 Å². The summed E-state index contributed by atoms with van der Waals surface area (Å²) >= 11 is 0. The van der Waals surface area contributed by atoms with Gasteiger partial charge in [0.05, 0.1) is 6.61 Å². The summed E-state index contributed by atoms with van der Waals surface area (Å²) in [4.78, 5) is 0. The van der Waals surface area contributed by atoms with Crippen molar-refractivity contribution in [3.63, 3.8) is 0 Å². The van der Waals surface area contributed by atoms with Gasteiger partial charge >= 0.3 is 0 Å². The van der Waals surface area contributed by atoms with E-state index in [1.807, 2.05) is 6.20 Å². The van der Waals surface area contributed by atoms with Gasteiger partial charge < -0.3 is 10.4 Å². The molecule has 0 bridgehead atoms. The molecule has 0 radical (unpaired) electrons. The summed E-state index contributed by atoms with van der Waals surface area (Å²) in [7, 11) is 0. The smallest absolute Gasteiger partial charge is 0.0603 e. The lowest BCUT2D eigenvalue weighted by Gasteiger charge is -2.01. The van der Waals surface area contributed by atoms with Gasteiger partial charge in [0.25, 0.3) is 0 Å². The SMILES string of the molecule is CCCCCCCCCCCCC=CNCCO. The molecule has 2 nitrogen and oxygen atoms in total. The molecular weight excluding hydrogens is 222 g/mol. The van der Waals surface area contributed by atoms with Gasteiger partial charge in [-0.25, -0.2) is 0 Å². The number of hydrogen-bond acceptors (Lipinski definition) is 2. The molecule has 0 aliphatic heterocycles. The zero-order valence-corrected chi connectivity index (χ0v) is 12.3. The van der Waals surface area contributed by atoms with Crippen LogP contribution in [0.25, 0.3) is 0 Å². The van der Waals surface area contributed by atoms with Crippen LogP contribution >= 0.6 is 0 Å². The van der Waals surface area contributed by atoms with Gasteiger partial charge in [0.1, 0.15) is 0 Å².